The zero-order valence-corrected chi connectivity index (χ0v) is 11.3. The van der Waals surface area contributed by atoms with Gasteiger partial charge < -0.3 is 10.2 Å². The molecule has 0 bridgehead atoms. The molecule has 2 rings (SSSR count). The fourth-order valence-corrected chi connectivity index (χ4v) is 2.59. The van der Waals surface area contributed by atoms with Crippen LogP contribution in [0, 0.1) is 0 Å². The van der Waals surface area contributed by atoms with Gasteiger partial charge in [0.05, 0.1) is 11.4 Å². The minimum atomic E-state index is -0.564. The Labute approximate surface area is 107 Å². The number of carbonyl (C=O) groups excluding carboxylic acids is 1. The molecule has 0 aromatic heterocycles. The number of rotatable bonds is 1. The predicted molar refractivity (Wildman–Crippen MR) is 71.8 cm³/mol. The molecular formula is C13H17ClN2O. The van der Waals surface area contributed by atoms with Gasteiger partial charge in [-0.15, -0.1) is 0 Å². The summed E-state index contributed by atoms with van der Waals surface area (Å²) in [6.45, 7) is 7.99. The smallest absolute Gasteiger partial charge is 0.249 e. The first-order chi connectivity index (χ1) is 7.84. The van der Waals surface area contributed by atoms with Crippen LogP contribution in [0.1, 0.15) is 27.7 Å². The molecule has 0 aliphatic carbocycles. The number of benzene rings is 1. The van der Waals surface area contributed by atoms with Crippen LogP contribution in [0.15, 0.2) is 18.2 Å². The van der Waals surface area contributed by atoms with Gasteiger partial charge in [-0.25, -0.2) is 0 Å². The first-order valence-corrected chi connectivity index (χ1v) is 6.12. The second kappa shape index (κ2) is 3.91. The lowest BCUT2D eigenvalue weighted by atomic mass is 9.94. The summed E-state index contributed by atoms with van der Waals surface area (Å²) in [5, 5.41) is 3.60. The van der Waals surface area contributed by atoms with Crippen molar-refractivity contribution in [2.45, 2.75) is 39.3 Å². The summed E-state index contributed by atoms with van der Waals surface area (Å²) >= 11 is 6.04. The van der Waals surface area contributed by atoms with E-state index in [0.29, 0.717) is 5.02 Å². The van der Waals surface area contributed by atoms with Gasteiger partial charge in [0.1, 0.15) is 5.54 Å². The maximum absolute atomic E-state index is 12.1. The number of nitrogens with one attached hydrogen (secondary N) is 1. The Bertz CT molecular complexity index is 468. The van der Waals surface area contributed by atoms with Gasteiger partial charge in [0, 0.05) is 11.1 Å². The molecule has 0 saturated carbocycles. The fraction of sp³-hybridized carbons (Fsp3) is 0.462. The van der Waals surface area contributed by atoms with E-state index < -0.39 is 5.54 Å². The molecule has 1 amide bonds. The van der Waals surface area contributed by atoms with Gasteiger partial charge >= 0.3 is 0 Å². The molecule has 4 heteroatoms. The number of hydrogen-bond donors (Lipinski definition) is 1. The molecule has 3 nitrogen and oxygen atoms in total. The van der Waals surface area contributed by atoms with Crippen LogP contribution in [0.25, 0.3) is 0 Å². The van der Waals surface area contributed by atoms with Crippen molar-refractivity contribution in [1.82, 2.24) is 0 Å². The molecule has 0 fully saturated rings. The van der Waals surface area contributed by atoms with Gasteiger partial charge in [0.15, 0.2) is 0 Å². The third-order valence-corrected chi connectivity index (χ3v) is 3.38. The lowest BCUT2D eigenvalue weighted by Gasteiger charge is -2.46. The van der Waals surface area contributed by atoms with E-state index in [4.69, 9.17) is 11.6 Å². The quantitative estimate of drug-likeness (QED) is 0.832. The summed E-state index contributed by atoms with van der Waals surface area (Å²) in [5.74, 6) is 0.0148. The van der Waals surface area contributed by atoms with Crippen molar-refractivity contribution in [3.8, 4) is 0 Å². The van der Waals surface area contributed by atoms with Crippen molar-refractivity contribution < 1.29 is 4.79 Å². The van der Waals surface area contributed by atoms with Crippen LogP contribution in [0.2, 0.25) is 5.02 Å². The van der Waals surface area contributed by atoms with E-state index in [2.05, 4.69) is 24.1 Å². The molecule has 17 heavy (non-hydrogen) atoms. The van der Waals surface area contributed by atoms with E-state index in [0.717, 1.165) is 11.4 Å². The molecule has 0 atom stereocenters. The number of hydrogen-bond acceptors (Lipinski definition) is 2. The van der Waals surface area contributed by atoms with Gasteiger partial charge in [-0.2, -0.15) is 0 Å². The fourth-order valence-electron chi connectivity index (χ4n) is 2.42. The highest BCUT2D eigenvalue weighted by molar-refractivity contribution is 6.31. The first-order valence-electron chi connectivity index (χ1n) is 5.74. The SMILES string of the molecule is CC(C)N1c2cc(Cl)ccc2NC(=O)C1(C)C. The zero-order valence-electron chi connectivity index (χ0n) is 10.5. The Morgan fingerprint density at radius 2 is 2.00 bits per heavy atom. The number of fused-ring (bicyclic) bond motifs is 1. The second-order valence-electron chi connectivity index (χ2n) is 5.14. The summed E-state index contributed by atoms with van der Waals surface area (Å²) < 4.78 is 0. The van der Waals surface area contributed by atoms with Crippen LogP contribution in [0.5, 0.6) is 0 Å². The summed E-state index contributed by atoms with van der Waals surface area (Å²) in [7, 11) is 0. The maximum atomic E-state index is 12.1. The Balaban J connectivity index is 2.61. The molecule has 1 N–H and O–H groups in total. The molecular weight excluding hydrogens is 236 g/mol. The highest BCUT2D eigenvalue weighted by Gasteiger charge is 2.41. The molecule has 0 spiro atoms. The normalized spacial score (nSPS) is 18.0. The van der Waals surface area contributed by atoms with E-state index in [-0.39, 0.29) is 11.9 Å². The number of amides is 1. The Hall–Kier alpha value is -1.22. The lowest BCUT2D eigenvalue weighted by molar-refractivity contribution is -0.120. The average molecular weight is 253 g/mol. The third-order valence-electron chi connectivity index (χ3n) is 3.14. The molecule has 0 radical (unpaired) electrons. The van der Waals surface area contributed by atoms with Crippen LogP contribution in [0.3, 0.4) is 0 Å². The molecule has 1 aliphatic heterocycles. The van der Waals surface area contributed by atoms with E-state index in [1.807, 2.05) is 26.0 Å². The molecule has 0 unspecified atom stereocenters. The standard InChI is InChI=1S/C13H17ClN2O/c1-8(2)16-11-7-9(14)5-6-10(11)15-12(17)13(16,3)4/h5-8H,1-4H3,(H,15,17). The Morgan fingerprint density at radius 3 is 2.59 bits per heavy atom. The second-order valence-corrected chi connectivity index (χ2v) is 5.57. The van der Waals surface area contributed by atoms with Gasteiger partial charge in [-0.05, 0) is 45.9 Å². The highest BCUT2D eigenvalue weighted by atomic mass is 35.5. The van der Waals surface area contributed by atoms with Gasteiger partial charge in [0.25, 0.3) is 0 Å². The minimum Gasteiger partial charge on any atom is -0.353 e. The van der Waals surface area contributed by atoms with Crippen LogP contribution in [-0.4, -0.2) is 17.5 Å². The van der Waals surface area contributed by atoms with E-state index >= 15 is 0 Å². The summed E-state index contributed by atoms with van der Waals surface area (Å²) in [4.78, 5) is 14.2. The molecule has 1 aromatic rings. The van der Waals surface area contributed by atoms with Gasteiger partial charge in [0.2, 0.25) is 5.91 Å². The van der Waals surface area contributed by atoms with Crippen LogP contribution < -0.4 is 10.2 Å². The van der Waals surface area contributed by atoms with E-state index in [1.165, 1.54) is 0 Å². The Kier molecular flexibility index (Phi) is 2.82. The molecule has 1 heterocycles. The maximum Gasteiger partial charge on any atom is 0.249 e. The zero-order chi connectivity index (χ0) is 12.8. The molecule has 1 aromatic carbocycles. The highest BCUT2D eigenvalue weighted by Crippen LogP contribution is 2.39. The van der Waals surface area contributed by atoms with Crippen molar-refractivity contribution in [3.63, 3.8) is 0 Å². The topological polar surface area (TPSA) is 32.3 Å². The van der Waals surface area contributed by atoms with Gasteiger partial charge in [-0.3, -0.25) is 4.79 Å². The largest absolute Gasteiger partial charge is 0.353 e. The van der Waals surface area contributed by atoms with E-state index in [9.17, 15) is 4.79 Å². The monoisotopic (exact) mass is 252 g/mol. The summed E-state index contributed by atoms with van der Waals surface area (Å²) in [5.41, 5.74) is 1.25. The molecule has 1 aliphatic rings. The summed E-state index contributed by atoms with van der Waals surface area (Å²) in [6.07, 6.45) is 0. The number of halogens is 1. The average Bonchev–Trinajstić information content (AvgIpc) is 2.19. The summed E-state index contributed by atoms with van der Waals surface area (Å²) in [6, 6.07) is 5.77. The van der Waals surface area contributed by atoms with E-state index in [1.54, 1.807) is 6.07 Å². The third kappa shape index (κ3) is 1.89. The van der Waals surface area contributed by atoms with Gasteiger partial charge in [-0.1, -0.05) is 11.6 Å². The lowest BCUT2D eigenvalue weighted by Crippen LogP contribution is -2.58. The predicted octanol–water partition coefficient (Wildman–Crippen LogP) is 3.29. The van der Waals surface area contributed by atoms with Crippen LogP contribution in [0.4, 0.5) is 11.4 Å². The molecule has 92 valence electrons. The van der Waals surface area contributed by atoms with Crippen molar-refractivity contribution in [2.75, 3.05) is 10.2 Å². The Morgan fingerprint density at radius 1 is 1.35 bits per heavy atom. The van der Waals surface area contributed by atoms with Crippen LogP contribution in [-0.2, 0) is 4.79 Å². The van der Waals surface area contributed by atoms with Crippen molar-refractivity contribution in [2.24, 2.45) is 0 Å². The van der Waals surface area contributed by atoms with Crippen molar-refractivity contribution >= 4 is 28.9 Å². The van der Waals surface area contributed by atoms with Crippen molar-refractivity contribution in [3.05, 3.63) is 23.2 Å². The number of nitrogens with zero attached hydrogens (tertiary/aromatic N) is 1. The minimum absolute atomic E-state index is 0.0148. The number of anilines is 2. The van der Waals surface area contributed by atoms with Crippen molar-refractivity contribution in [1.29, 1.82) is 0 Å². The number of carbonyl (C=O) groups is 1. The first kappa shape index (κ1) is 12.2. The van der Waals surface area contributed by atoms with Crippen LogP contribution >= 0.6 is 11.6 Å². The molecule has 0 saturated heterocycles.